The fourth-order valence-electron chi connectivity index (χ4n) is 4.39. The molecule has 3 heterocycles. The summed E-state index contributed by atoms with van der Waals surface area (Å²) in [6, 6.07) is 5.26. The van der Waals surface area contributed by atoms with Crippen LogP contribution in [0, 0.1) is 0 Å². The number of nitrogens with one attached hydrogen (secondary N) is 2. The van der Waals surface area contributed by atoms with E-state index in [0.29, 0.717) is 36.4 Å². The first-order chi connectivity index (χ1) is 18.4. The van der Waals surface area contributed by atoms with Crippen LogP contribution in [0.2, 0.25) is 0 Å². The Labute approximate surface area is 227 Å². The summed E-state index contributed by atoms with van der Waals surface area (Å²) in [4.78, 5) is 38.6. The number of H-pyrrole nitrogens is 1. The summed E-state index contributed by atoms with van der Waals surface area (Å²) in [6.45, 7) is 5.13. The van der Waals surface area contributed by atoms with Crippen LogP contribution < -0.4 is 25.5 Å². The number of anilines is 1. The lowest BCUT2D eigenvalue weighted by molar-refractivity contribution is 0.251. The number of hydrogen-bond acceptors (Lipinski definition) is 8. The molecule has 4 N–H and O–H groups in total. The van der Waals surface area contributed by atoms with Crippen molar-refractivity contribution in [3.05, 3.63) is 58.3 Å². The van der Waals surface area contributed by atoms with Crippen LogP contribution in [0.4, 0.5) is 10.5 Å². The lowest BCUT2D eigenvalue weighted by Crippen LogP contribution is -2.22. The highest BCUT2D eigenvalue weighted by molar-refractivity contribution is 7.91. The molecule has 1 aliphatic rings. The molecule has 39 heavy (non-hydrogen) atoms. The van der Waals surface area contributed by atoms with Gasteiger partial charge in [0.2, 0.25) is 11.4 Å². The van der Waals surface area contributed by atoms with Crippen molar-refractivity contribution < 1.29 is 18.5 Å². The van der Waals surface area contributed by atoms with Gasteiger partial charge in [-0.15, -0.1) is 4.36 Å². The van der Waals surface area contributed by atoms with Crippen LogP contribution >= 0.6 is 0 Å². The molecule has 0 radical (unpaired) electrons. The van der Waals surface area contributed by atoms with Gasteiger partial charge in [-0.25, -0.2) is 14.1 Å². The van der Waals surface area contributed by atoms with Gasteiger partial charge in [-0.3, -0.25) is 9.78 Å². The minimum Gasteiger partial charge on any atom is -0.494 e. The van der Waals surface area contributed by atoms with Crippen molar-refractivity contribution in [2.75, 3.05) is 39.7 Å². The Morgan fingerprint density at radius 2 is 2.08 bits per heavy atom. The number of carbonyl (C=O) groups excluding carboxylic acids is 1. The van der Waals surface area contributed by atoms with E-state index in [-0.39, 0.29) is 27.6 Å². The van der Waals surface area contributed by atoms with Gasteiger partial charge in [0, 0.05) is 42.0 Å². The molecule has 0 saturated carbocycles. The predicted molar refractivity (Wildman–Crippen MR) is 149 cm³/mol. The van der Waals surface area contributed by atoms with E-state index in [0.717, 1.165) is 17.7 Å². The van der Waals surface area contributed by atoms with Crippen LogP contribution in [0.1, 0.15) is 31.5 Å². The number of aromatic nitrogens is 3. The van der Waals surface area contributed by atoms with Crippen LogP contribution in [-0.4, -0.2) is 64.4 Å². The number of methoxy groups -OCH3 is 1. The molecule has 12 nitrogen and oxygen atoms in total. The molecule has 13 heteroatoms. The van der Waals surface area contributed by atoms with Crippen LogP contribution in [0.5, 0.6) is 11.6 Å². The van der Waals surface area contributed by atoms with Crippen molar-refractivity contribution >= 4 is 21.6 Å². The summed E-state index contributed by atoms with van der Waals surface area (Å²) < 4.78 is 28.2. The van der Waals surface area contributed by atoms with Crippen molar-refractivity contribution in [1.29, 1.82) is 0 Å². The first-order valence-electron chi connectivity index (χ1n) is 12.3. The Morgan fingerprint density at radius 1 is 1.31 bits per heavy atom. The van der Waals surface area contributed by atoms with Crippen molar-refractivity contribution in [2.24, 2.45) is 9.50 Å². The second-order valence-electron chi connectivity index (χ2n) is 10.1. The molecule has 1 unspecified atom stereocenters. The third kappa shape index (κ3) is 6.27. The number of nitrogens with two attached hydrogens (primary N) is 1. The fourth-order valence-corrected chi connectivity index (χ4v) is 5.43. The number of pyridine rings is 3. The van der Waals surface area contributed by atoms with Crippen LogP contribution in [0.15, 0.2) is 50.8 Å². The number of nitrogens with zero attached hydrogens (tertiary/aromatic N) is 4. The molecule has 4 rings (SSSR count). The molecule has 0 saturated heterocycles. The smallest absolute Gasteiger partial charge is 0.354 e. The van der Waals surface area contributed by atoms with Gasteiger partial charge in [-0.05, 0) is 50.2 Å². The Bertz CT molecular complexity index is 1580. The number of likely N-dealkylation sites (N-methyl/N-ethyl adjacent to an activating group) is 1. The minimum atomic E-state index is -3.84. The van der Waals surface area contributed by atoms with Crippen molar-refractivity contribution in [3.8, 4) is 22.8 Å². The van der Waals surface area contributed by atoms with Gasteiger partial charge in [0.05, 0.1) is 18.5 Å². The predicted octanol–water partition coefficient (Wildman–Crippen LogP) is 2.94. The number of hydrogen-bond donors (Lipinski definition) is 3. The topological polar surface area (TPSA) is 165 Å². The van der Waals surface area contributed by atoms with E-state index in [1.165, 1.54) is 25.4 Å². The van der Waals surface area contributed by atoms with Gasteiger partial charge in [0.15, 0.2) is 20.7 Å². The Kier molecular flexibility index (Phi) is 8.04. The van der Waals surface area contributed by atoms with E-state index >= 15 is 0 Å². The zero-order chi connectivity index (χ0) is 28.4. The van der Waals surface area contributed by atoms with Gasteiger partial charge in [0.25, 0.3) is 0 Å². The normalized spacial score (nSPS) is 15.4. The largest absolute Gasteiger partial charge is 0.494 e. The lowest BCUT2D eigenvalue weighted by Gasteiger charge is -2.20. The highest BCUT2D eigenvalue weighted by atomic mass is 32.2. The number of rotatable bonds is 8. The fraction of sp³-hybridized carbons (Fsp3) is 0.385. The number of carbonyl (C=O) groups is 1. The number of urea groups is 1. The van der Waals surface area contributed by atoms with Crippen LogP contribution in [0.3, 0.4) is 0 Å². The molecule has 0 fully saturated rings. The van der Waals surface area contributed by atoms with E-state index in [1.54, 1.807) is 18.3 Å². The highest BCUT2D eigenvalue weighted by Crippen LogP contribution is 2.43. The molecule has 0 aromatic carbocycles. The van der Waals surface area contributed by atoms with E-state index < -0.39 is 15.9 Å². The number of fused-ring (bicyclic) bond motifs is 1. The molecule has 2 amide bonds. The van der Waals surface area contributed by atoms with Crippen molar-refractivity contribution in [1.82, 2.24) is 19.9 Å². The molecule has 0 aliphatic heterocycles. The zero-order valence-electron chi connectivity index (χ0n) is 22.6. The minimum absolute atomic E-state index is 0.106. The lowest BCUT2D eigenvalue weighted by atomic mass is 9.90. The second-order valence-corrected chi connectivity index (χ2v) is 11.8. The maximum absolute atomic E-state index is 13.5. The second kappa shape index (κ2) is 11.1. The SMILES string of the molecule is COc1ccc(OCCN(C)C)nc1S(N)(=O)=NC(=O)Nc1c(-c2cc[nH]c(=O)c2)cnc2c1CCC2(C)C. The quantitative estimate of drug-likeness (QED) is 0.382. The summed E-state index contributed by atoms with van der Waals surface area (Å²) in [6.07, 6.45) is 4.61. The maximum atomic E-state index is 13.5. The molecule has 208 valence electrons. The standard InChI is InChI=1S/C26H33N7O5S/c1-26(2)10-8-17-22(18(15-29-23(17)26)16-9-11-28-20(34)14-16)31-25(35)32-39(27,36)24-19(37-5)6-7-21(30-24)38-13-12-33(3)4/h6-7,9,11,14-15H,8,10,12-13H2,1-5H3,(H,28,34)(H3,27,29,31,32,35,36). The summed E-state index contributed by atoms with van der Waals surface area (Å²) in [7, 11) is 1.34. The maximum Gasteiger partial charge on any atom is 0.354 e. The summed E-state index contributed by atoms with van der Waals surface area (Å²) in [5, 5.41) is 8.64. The highest BCUT2D eigenvalue weighted by Gasteiger charge is 2.34. The monoisotopic (exact) mass is 555 g/mol. The molecule has 1 atom stereocenters. The zero-order valence-corrected chi connectivity index (χ0v) is 23.4. The van der Waals surface area contributed by atoms with Gasteiger partial charge >= 0.3 is 6.03 Å². The molecule has 3 aromatic rings. The van der Waals surface area contributed by atoms with Crippen molar-refractivity contribution in [2.45, 2.75) is 37.1 Å². The van der Waals surface area contributed by atoms with E-state index in [2.05, 4.69) is 38.5 Å². The van der Waals surface area contributed by atoms with Crippen LogP contribution in [0.25, 0.3) is 11.1 Å². The number of ether oxygens (including phenoxy) is 2. The molecular formula is C26H33N7O5S. The molecular weight excluding hydrogens is 522 g/mol. The van der Waals surface area contributed by atoms with Crippen LogP contribution in [-0.2, 0) is 21.8 Å². The number of aromatic amines is 1. The Hall–Kier alpha value is -3.81. The van der Waals surface area contributed by atoms with Gasteiger partial charge in [0.1, 0.15) is 6.61 Å². The summed E-state index contributed by atoms with van der Waals surface area (Å²) >= 11 is 0. The average Bonchev–Trinajstić information content (AvgIpc) is 3.18. The van der Waals surface area contributed by atoms with E-state index in [4.69, 9.17) is 14.6 Å². The molecule has 1 aliphatic carbocycles. The summed E-state index contributed by atoms with van der Waals surface area (Å²) in [5.74, 6) is 0.280. The van der Waals surface area contributed by atoms with E-state index in [1.807, 2.05) is 19.0 Å². The van der Waals surface area contributed by atoms with E-state index in [9.17, 15) is 13.8 Å². The van der Waals surface area contributed by atoms with Gasteiger partial charge in [-0.1, -0.05) is 13.8 Å². The third-order valence-electron chi connectivity index (χ3n) is 6.44. The molecule has 0 bridgehead atoms. The molecule has 0 spiro atoms. The third-order valence-corrected chi connectivity index (χ3v) is 7.73. The Morgan fingerprint density at radius 3 is 2.77 bits per heavy atom. The van der Waals surface area contributed by atoms with Gasteiger partial charge in [-0.2, -0.15) is 4.98 Å². The number of amides is 2. The molecule has 3 aromatic heterocycles. The Balaban J connectivity index is 1.73. The average molecular weight is 556 g/mol. The van der Waals surface area contributed by atoms with Gasteiger partial charge < -0.3 is 24.7 Å². The first-order valence-corrected chi connectivity index (χ1v) is 13.9. The first kappa shape index (κ1) is 28.2. The van der Waals surface area contributed by atoms with Crippen molar-refractivity contribution in [3.63, 3.8) is 0 Å². The summed E-state index contributed by atoms with van der Waals surface area (Å²) in [5.41, 5.74) is 2.71.